The van der Waals surface area contributed by atoms with Crippen LogP contribution in [0, 0.1) is 0 Å². The zero-order chi connectivity index (χ0) is 68.7. The van der Waals surface area contributed by atoms with E-state index in [0.29, 0.717) is 0 Å². The van der Waals surface area contributed by atoms with Gasteiger partial charge in [-0.2, -0.15) is 81.5 Å². The lowest BCUT2D eigenvalue weighted by Crippen LogP contribution is -2.71. The van der Waals surface area contributed by atoms with Crippen molar-refractivity contribution in [1.29, 1.82) is 0 Å². The molecule has 5 aliphatic rings. The molecular weight excluding hydrogens is 1440 g/mol. The number of hydrogen-bond donors (Lipinski definition) is 20. The molecule has 0 spiro atoms. The zero-order valence-electron chi connectivity index (χ0n) is 43.0. The maximum Gasteiger partial charge on any atom is 0.397 e. The van der Waals surface area contributed by atoms with Crippen molar-refractivity contribution in [1.82, 2.24) is 14.2 Å². The second kappa shape index (κ2) is 29.3. The fourth-order valence-electron chi connectivity index (χ4n) is 8.80. The highest BCUT2D eigenvalue weighted by molar-refractivity contribution is 7.84. The van der Waals surface area contributed by atoms with Gasteiger partial charge in [0.25, 0.3) is 0 Å². The molecule has 0 aromatic carbocycles. The minimum atomic E-state index is -6.36. The molecule has 5 saturated heterocycles. The Kier molecular flexibility index (Phi) is 25.4. The summed E-state index contributed by atoms with van der Waals surface area (Å²) >= 11 is 0. The van der Waals surface area contributed by atoms with Gasteiger partial charge < -0.3 is 88.6 Å². The smallest absolute Gasteiger partial charge is 0.397 e. The number of carboxylic acid groups (broad SMARTS) is 2. The number of carbonyl (C=O) groups is 2. The van der Waals surface area contributed by atoms with Crippen molar-refractivity contribution < 1.29 is 223 Å². The van der Waals surface area contributed by atoms with Crippen LogP contribution < -0.4 is 14.2 Å². The Morgan fingerprint density at radius 2 is 0.700 bits per heavy atom. The van der Waals surface area contributed by atoms with Crippen molar-refractivity contribution in [2.45, 2.75) is 153 Å². The van der Waals surface area contributed by atoms with Gasteiger partial charge in [-0.25, -0.2) is 30.5 Å². The summed E-state index contributed by atoms with van der Waals surface area (Å²) in [7, 11) is -46.7. The van der Waals surface area contributed by atoms with Crippen LogP contribution in [0.1, 0.15) is 0 Å². The quantitative estimate of drug-likeness (QED) is 0.0309. The minimum Gasteiger partial charge on any atom is -0.479 e. The highest BCUT2D eigenvalue weighted by Gasteiger charge is 2.61. The molecule has 52 nitrogen and oxygen atoms in total. The number of hydrogen-bond acceptors (Lipinski definition) is 39. The first kappa shape index (κ1) is 78.0. The van der Waals surface area contributed by atoms with Crippen LogP contribution in [0.2, 0.25) is 0 Å². The van der Waals surface area contributed by atoms with Crippen molar-refractivity contribution in [2.24, 2.45) is 0 Å². The molecule has 528 valence electrons. The first-order valence-corrected chi connectivity index (χ1v) is 34.3. The van der Waals surface area contributed by atoms with Crippen LogP contribution >= 0.6 is 0 Å². The largest absolute Gasteiger partial charge is 0.479 e. The van der Waals surface area contributed by atoms with E-state index in [0.717, 1.165) is 4.72 Å². The monoisotopic (exact) mass is 1490 g/mol. The summed E-state index contributed by atoms with van der Waals surface area (Å²) in [4.78, 5) is 25.7. The van der Waals surface area contributed by atoms with E-state index < -0.39 is 268 Å². The summed E-state index contributed by atoms with van der Waals surface area (Å²) in [5.41, 5.74) is 0. The van der Waals surface area contributed by atoms with Gasteiger partial charge >= 0.3 is 94.8 Å². The van der Waals surface area contributed by atoms with Gasteiger partial charge in [-0.15, -0.1) is 0 Å². The van der Waals surface area contributed by atoms with Crippen LogP contribution in [0.4, 0.5) is 0 Å². The summed E-state index contributed by atoms with van der Waals surface area (Å²) in [5, 5.41) is 97.8. The Morgan fingerprint density at radius 3 is 1.14 bits per heavy atom. The standard InChI is InChI=1S/C30H51N3O49S8/c34-10-4(1-69-86(54,55)56)73-27(8(11(10)35)32-84(48,49)50)77-19-13(37)14(38)29(79-22(19)24(40)41)76-17-6(3-71-88(60,61)62)74-28(9(33-85(51,52)53)18(17)81-89(63,64)65)78-20-15(39)21(82-90(66,67)68)30(80-23(20)25(42)43)75-16-5(2-70-87(57,58)59)72-26(44)7(12(16)36)31-83(45,46)47/h4-23,26-39,44H,1-3H2,(H,40,41)(H,42,43)(H,45,46,47)(H,48,49,50)(H,51,52,53)(H,54,55,56)(H,57,58,59)(H,60,61,62)(H,63,64,65)(H,66,67,68)/t4-,5+,6+,7-,8+,9-,10-,11+,12-,13+,14+,15+,16-,17-,18+,19+,20+,21-,22+,23?,26+,27-,28+,29-,30-/m0/s1. The van der Waals surface area contributed by atoms with Gasteiger partial charge in [0, 0.05) is 0 Å². The fraction of sp³-hybridized carbons (Fsp3) is 0.933. The molecule has 5 fully saturated rings. The summed E-state index contributed by atoms with van der Waals surface area (Å²) in [5.74, 6) is -4.94. The molecule has 1 unspecified atom stereocenters. The molecule has 0 bridgehead atoms. The van der Waals surface area contributed by atoms with Crippen molar-refractivity contribution in [3.63, 3.8) is 0 Å². The number of nitrogens with one attached hydrogen (secondary N) is 3. The maximum atomic E-state index is 12.9. The molecule has 0 saturated carbocycles. The van der Waals surface area contributed by atoms with Gasteiger partial charge in [0.05, 0.1) is 19.8 Å². The van der Waals surface area contributed by atoms with E-state index in [1.807, 2.05) is 0 Å². The van der Waals surface area contributed by atoms with Crippen LogP contribution in [0.15, 0.2) is 0 Å². The van der Waals surface area contributed by atoms with Crippen molar-refractivity contribution in [3.05, 3.63) is 0 Å². The summed E-state index contributed by atoms with van der Waals surface area (Å²) in [6, 6.07) is -8.42. The van der Waals surface area contributed by atoms with Crippen molar-refractivity contribution >= 4 is 94.8 Å². The van der Waals surface area contributed by atoms with Gasteiger partial charge in [0.2, 0.25) is 0 Å². The van der Waals surface area contributed by atoms with Crippen molar-refractivity contribution in [3.8, 4) is 0 Å². The first-order chi connectivity index (χ1) is 40.6. The Morgan fingerprint density at radius 1 is 0.333 bits per heavy atom. The Bertz CT molecular complexity index is 3470. The molecule has 60 heteroatoms. The van der Waals surface area contributed by atoms with E-state index in [4.69, 9.17) is 51.7 Å². The van der Waals surface area contributed by atoms with Crippen LogP contribution in [0.3, 0.4) is 0 Å². The summed E-state index contributed by atoms with van der Waals surface area (Å²) in [6.45, 7) is -5.16. The Hall–Kier alpha value is -2.74. The lowest BCUT2D eigenvalue weighted by atomic mass is 9.94. The number of aliphatic hydroxyl groups is 7. The highest BCUT2D eigenvalue weighted by Crippen LogP contribution is 2.38. The third-order valence-corrected chi connectivity index (χ3v) is 16.2. The van der Waals surface area contributed by atoms with E-state index in [9.17, 15) is 150 Å². The SMILES string of the molecule is O=C(O)C1O[C@H](O[C@@H]2[C@@H](O)[C@H](NS(=O)(=O)O)[C@H](O)O[C@@H]2COS(=O)(=O)O)[C@@H](OS(=O)(=O)O)[C@H](O)[C@H]1O[C@H]1O[C@H](COS(=O)(=O)O)[C@H](O[C@H]2O[C@@H](C(=O)O)[C@H](O[C@@H]3O[C@@H](COS(=O)(=O)O)[C@H](O)[C@H](O)[C@H]3NS(=O)(=O)O)[C@H](O)[C@H]2O)[C@H](OS(=O)(=O)O)[C@@H]1NS(=O)(=O)O. The third-order valence-electron chi connectivity index (χ3n) is 12.2. The number of aliphatic carboxylic acids is 2. The average Bonchev–Trinajstić information content (AvgIpc) is 0.777. The molecule has 5 heterocycles. The van der Waals surface area contributed by atoms with E-state index in [1.54, 1.807) is 0 Å². The van der Waals surface area contributed by atoms with E-state index in [1.165, 1.54) is 9.44 Å². The number of rotatable bonds is 29. The molecule has 20 N–H and O–H groups in total. The third kappa shape index (κ3) is 22.4. The molecular formula is C30H51N3O49S8. The average molecular weight is 1490 g/mol. The Balaban J connectivity index is 1.59. The van der Waals surface area contributed by atoms with Crippen LogP contribution in [0.25, 0.3) is 0 Å². The minimum absolute atomic E-state index is 1.09. The van der Waals surface area contributed by atoms with E-state index >= 15 is 0 Å². The number of carboxylic acids is 2. The second-order valence-electron chi connectivity index (χ2n) is 18.5. The van der Waals surface area contributed by atoms with E-state index in [2.05, 4.69) is 20.9 Å². The summed E-state index contributed by atoms with van der Waals surface area (Å²) < 4.78 is 339. The molecule has 5 rings (SSSR count). The second-order valence-corrected chi connectivity index (χ2v) is 27.4. The predicted octanol–water partition coefficient (Wildman–Crippen LogP) is -14.4. The van der Waals surface area contributed by atoms with Crippen LogP contribution in [-0.4, -0.2) is 335 Å². The highest BCUT2D eigenvalue weighted by atomic mass is 32.3. The molecule has 0 aliphatic carbocycles. The van der Waals surface area contributed by atoms with E-state index in [-0.39, 0.29) is 0 Å². The normalized spacial score (nSPS) is 38.9. The molecule has 0 amide bonds. The lowest BCUT2D eigenvalue weighted by molar-refractivity contribution is -0.372. The first-order valence-electron chi connectivity index (χ1n) is 23.2. The van der Waals surface area contributed by atoms with Crippen LogP contribution in [0.5, 0.6) is 0 Å². The molecule has 25 atom stereocenters. The zero-order valence-corrected chi connectivity index (χ0v) is 49.5. The van der Waals surface area contributed by atoms with Crippen LogP contribution in [-0.2, 0) is 156 Å². The summed E-state index contributed by atoms with van der Waals surface area (Å²) in [6.07, 6.45) is -64.7. The van der Waals surface area contributed by atoms with Gasteiger partial charge in [-0.05, 0) is 0 Å². The molecule has 90 heavy (non-hydrogen) atoms. The van der Waals surface area contributed by atoms with Crippen molar-refractivity contribution in [2.75, 3.05) is 19.8 Å². The number of ether oxygens (including phenoxy) is 9. The van der Waals surface area contributed by atoms with Gasteiger partial charge in [-0.3, -0.25) is 36.4 Å². The fourth-order valence-corrected chi connectivity index (χ4v) is 12.5. The lowest BCUT2D eigenvalue weighted by Gasteiger charge is -2.50. The number of aliphatic hydroxyl groups excluding tert-OH is 7. The van der Waals surface area contributed by atoms with Gasteiger partial charge in [-0.1, -0.05) is 0 Å². The molecule has 0 aromatic heterocycles. The van der Waals surface area contributed by atoms with Gasteiger partial charge in [0.1, 0.15) is 104 Å². The molecule has 0 radical (unpaired) electrons. The molecule has 5 aliphatic heterocycles. The Labute approximate surface area is 502 Å². The predicted molar refractivity (Wildman–Crippen MR) is 257 cm³/mol. The van der Waals surface area contributed by atoms with Gasteiger partial charge in [0.15, 0.2) is 49.8 Å². The topological polar surface area (TPSA) is 816 Å². The maximum absolute atomic E-state index is 12.9. The molecule has 0 aromatic rings.